The van der Waals surface area contributed by atoms with Gasteiger partial charge in [-0.1, -0.05) is 18.2 Å². The fraction of sp³-hybridized carbons (Fsp3) is 0.388. The van der Waals surface area contributed by atoms with Crippen LogP contribution in [0.2, 0.25) is 0 Å². The number of aryl methyl sites for hydroxylation is 2. The maximum atomic E-state index is 16.0. The maximum absolute atomic E-state index is 16.0. The Bertz CT molecular complexity index is 3040. The molecule has 0 bridgehead atoms. The van der Waals surface area contributed by atoms with Gasteiger partial charge in [0, 0.05) is 97.6 Å². The molecule has 3 aromatic carbocycles. The number of nitrogens with one attached hydrogen (secondary N) is 2. The van der Waals surface area contributed by atoms with E-state index in [1.807, 2.05) is 46.8 Å². The summed E-state index contributed by atoms with van der Waals surface area (Å²) in [6, 6.07) is 16.0. The number of benzene rings is 3. The molecule has 348 valence electrons. The first-order valence-corrected chi connectivity index (χ1v) is 24.2. The predicted octanol–water partition coefficient (Wildman–Crippen LogP) is 5.29. The molecule has 6 aliphatic heterocycles. The SMILES string of the molecule is Cn1nc(N2CCC(=O)NC2=O)c2ccc(C3CCN(CC(=O)N4CC5(C4)CN(c4ccc(-c6cc(F)c7c(c6)C(=O)N(C(C(=O)Nc6nccs6)c6ncn8c6CCC8)C7)cc4)C5)CC3)cc21. The number of carbonyl (C=O) groups is 5. The minimum absolute atomic E-state index is 0.0518. The van der Waals surface area contributed by atoms with Crippen molar-refractivity contribution in [3.63, 3.8) is 0 Å². The van der Waals surface area contributed by atoms with Gasteiger partial charge in [0.05, 0.1) is 30.6 Å². The Kier molecular flexibility index (Phi) is 10.2. The molecule has 1 atom stereocenters. The number of piperidine rings is 1. The van der Waals surface area contributed by atoms with Crippen molar-refractivity contribution in [2.75, 3.05) is 67.5 Å². The van der Waals surface area contributed by atoms with Crippen LogP contribution in [0.4, 0.5) is 25.8 Å². The van der Waals surface area contributed by atoms with Crippen molar-refractivity contribution in [1.29, 1.82) is 0 Å². The summed E-state index contributed by atoms with van der Waals surface area (Å²) in [7, 11) is 1.87. The molecule has 0 radical (unpaired) electrons. The third-order valence-electron chi connectivity index (χ3n) is 14.9. The van der Waals surface area contributed by atoms with E-state index in [9.17, 15) is 24.0 Å². The second-order valence-electron chi connectivity index (χ2n) is 19.2. The highest BCUT2D eigenvalue weighted by Gasteiger charge is 2.53. The summed E-state index contributed by atoms with van der Waals surface area (Å²) in [6.45, 7) is 6.33. The van der Waals surface area contributed by atoms with Crippen molar-refractivity contribution in [2.45, 2.75) is 57.2 Å². The third-order valence-corrected chi connectivity index (χ3v) is 15.6. The lowest BCUT2D eigenvalue weighted by Crippen LogP contribution is -2.73. The van der Waals surface area contributed by atoms with Crippen molar-refractivity contribution in [1.82, 2.24) is 44.3 Å². The monoisotopic (exact) mass is 936 g/mol. The molecule has 1 unspecified atom stereocenters. The molecule has 17 nitrogen and oxygen atoms in total. The average Bonchev–Trinajstić information content (AvgIpc) is 4.16. The number of carbonyl (C=O) groups excluding carboxylic acids is 5. The van der Waals surface area contributed by atoms with Gasteiger partial charge in [0.25, 0.3) is 11.8 Å². The Hall–Kier alpha value is -6.99. The molecule has 9 heterocycles. The van der Waals surface area contributed by atoms with Crippen LogP contribution >= 0.6 is 11.3 Å². The smallest absolute Gasteiger partial charge is 0.329 e. The van der Waals surface area contributed by atoms with Crippen molar-refractivity contribution >= 4 is 68.5 Å². The number of hydrogen-bond donors (Lipinski definition) is 2. The number of imide groups is 1. The number of amides is 6. The molecule has 3 aromatic heterocycles. The lowest BCUT2D eigenvalue weighted by molar-refractivity contribution is -0.146. The van der Waals surface area contributed by atoms with Crippen molar-refractivity contribution in [3.8, 4) is 11.1 Å². The zero-order valence-electron chi connectivity index (χ0n) is 37.5. The number of urea groups is 1. The Morgan fingerprint density at radius 3 is 2.51 bits per heavy atom. The molecule has 6 aliphatic rings. The van der Waals surface area contributed by atoms with E-state index < -0.39 is 29.7 Å². The molecular weight excluding hydrogens is 888 g/mol. The van der Waals surface area contributed by atoms with Crippen LogP contribution in [0.1, 0.15) is 70.5 Å². The van der Waals surface area contributed by atoms with Gasteiger partial charge in [0.1, 0.15) is 5.82 Å². The van der Waals surface area contributed by atoms with Gasteiger partial charge in [-0.05, 0) is 97.8 Å². The highest BCUT2D eigenvalue weighted by molar-refractivity contribution is 7.13. The van der Waals surface area contributed by atoms with Gasteiger partial charge >= 0.3 is 6.03 Å². The standard InChI is InChI=1S/C49H49FN12O5S/c1-56-39-21-31(6-9-34(39)44(55-56)61-17-12-40(63)53-48(61)67)30-10-15-57(16-11-30)23-41(64)60-26-49(27-60)24-59(25-49)33-7-4-29(5-8-33)32-19-35-36(37(50)20-32)22-62(46(35)66)43(45(65)54-47-51-13-18-68-47)42-38-3-2-14-58(38)28-52-42/h4-9,13,18-21,28,30,43H,2-3,10-12,14-17,22-27H2,1H3,(H,51,54,65)(H,53,63,67). The number of likely N-dealkylation sites (tertiary alicyclic amines) is 2. The van der Waals surface area contributed by atoms with Gasteiger partial charge in [-0.15, -0.1) is 11.3 Å². The molecule has 6 amide bonds. The number of anilines is 3. The summed E-state index contributed by atoms with van der Waals surface area (Å²) in [5.41, 5.74) is 6.59. The van der Waals surface area contributed by atoms with Crippen LogP contribution in [0, 0.1) is 11.2 Å². The second kappa shape index (κ2) is 16.4. The number of fused-ring (bicyclic) bond motifs is 3. The van der Waals surface area contributed by atoms with Gasteiger partial charge in [-0.2, -0.15) is 5.10 Å². The Labute approximate surface area is 394 Å². The molecule has 2 N–H and O–H groups in total. The van der Waals surface area contributed by atoms with E-state index in [0.717, 1.165) is 99.3 Å². The maximum Gasteiger partial charge on any atom is 0.329 e. The van der Waals surface area contributed by atoms with Crippen molar-refractivity contribution < 1.29 is 28.4 Å². The Balaban J connectivity index is 0.638. The normalized spacial score (nSPS) is 19.6. The van der Waals surface area contributed by atoms with Crippen LogP contribution in [-0.4, -0.2) is 121 Å². The summed E-state index contributed by atoms with van der Waals surface area (Å²) in [5, 5.41) is 12.9. The number of hydrogen-bond acceptors (Lipinski definition) is 11. The molecule has 4 saturated heterocycles. The number of rotatable bonds is 10. The minimum atomic E-state index is -1.05. The molecular formula is C49H49FN12O5S. The first-order valence-electron chi connectivity index (χ1n) is 23.3. The fourth-order valence-corrected chi connectivity index (χ4v) is 11.8. The fourth-order valence-electron chi connectivity index (χ4n) is 11.3. The zero-order chi connectivity index (χ0) is 46.4. The van der Waals surface area contributed by atoms with Gasteiger partial charge in [0.15, 0.2) is 17.0 Å². The molecule has 68 heavy (non-hydrogen) atoms. The summed E-state index contributed by atoms with van der Waals surface area (Å²) in [6.07, 6.45) is 7.10. The Morgan fingerprint density at radius 2 is 1.75 bits per heavy atom. The number of imidazole rings is 1. The van der Waals surface area contributed by atoms with E-state index in [4.69, 9.17) is 0 Å². The summed E-state index contributed by atoms with van der Waals surface area (Å²) in [5.74, 6) is -0.535. The third kappa shape index (κ3) is 7.29. The largest absolute Gasteiger partial charge is 0.370 e. The molecule has 0 saturated carbocycles. The van der Waals surface area contributed by atoms with Gasteiger partial charge in [-0.3, -0.25) is 44.3 Å². The first-order chi connectivity index (χ1) is 33.0. The summed E-state index contributed by atoms with van der Waals surface area (Å²) in [4.78, 5) is 84.0. The molecule has 12 rings (SSSR count). The number of nitrogens with zero attached hydrogens (tertiary/aromatic N) is 10. The molecule has 0 aliphatic carbocycles. The highest BCUT2D eigenvalue weighted by atomic mass is 32.1. The quantitative estimate of drug-likeness (QED) is 0.184. The van der Waals surface area contributed by atoms with Gasteiger partial charge in [-0.25, -0.2) is 19.2 Å². The van der Waals surface area contributed by atoms with Crippen LogP contribution in [0.25, 0.3) is 22.0 Å². The Morgan fingerprint density at radius 1 is 0.941 bits per heavy atom. The molecule has 6 aromatic rings. The zero-order valence-corrected chi connectivity index (χ0v) is 38.3. The van der Waals surface area contributed by atoms with E-state index in [0.29, 0.717) is 41.2 Å². The molecule has 19 heteroatoms. The van der Waals surface area contributed by atoms with Gasteiger partial charge < -0.3 is 19.3 Å². The van der Waals surface area contributed by atoms with Gasteiger partial charge in [0.2, 0.25) is 11.8 Å². The van der Waals surface area contributed by atoms with Crippen molar-refractivity contribution in [2.24, 2.45) is 12.5 Å². The van der Waals surface area contributed by atoms with Crippen LogP contribution < -0.4 is 20.4 Å². The van der Waals surface area contributed by atoms with Crippen LogP contribution in [0.3, 0.4) is 0 Å². The first kappa shape index (κ1) is 42.4. The van der Waals surface area contributed by atoms with E-state index in [1.54, 1.807) is 28.7 Å². The number of thiazole rings is 1. The minimum Gasteiger partial charge on any atom is -0.370 e. The topological polar surface area (TPSA) is 174 Å². The van der Waals surface area contributed by atoms with E-state index in [2.05, 4.69) is 47.6 Å². The summed E-state index contributed by atoms with van der Waals surface area (Å²) < 4.78 is 19.8. The molecule has 1 spiro atoms. The average molecular weight is 937 g/mol. The lowest BCUT2D eigenvalue weighted by atomic mass is 9.72. The molecule has 4 fully saturated rings. The highest BCUT2D eigenvalue weighted by Crippen LogP contribution is 2.43. The van der Waals surface area contributed by atoms with Crippen LogP contribution in [0.5, 0.6) is 0 Å². The second-order valence-corrected chi connectivity index (χ2v) is 20.1. The predicted molar refractivity (Wildman–Crippen MR) is 252 cm³/mol. The van der Waals surface area contributed by atoms with Crippen LogP contribution in [-0.2, 0) is 40.9 Å². The number of halogens is 1. The van der Waals surface area contributed by atoms with E-state index in [-0.39, 0.29) is 41.3 Å². The van der Waals surface area contributed by atoms with E-state index >= 15 is 4.39 Å². The van der Waals surface area contributed by atoms with E-state index in [1.165, 1.54) is 32.8 Å². The summed E-state index contributed by atoms with van der Waals surface area (Å²) >= 11 is 1.28. The number of aromatic nitrogens is 5. The van der Waals surface area contributed by atoms with Crippen molar-refractivity contribution in [3.05, 3.63) is 106 Å². The van der Waals surface area contributed by atoms with Crippen LogP contribution in [0.15, 0.2) is 72.5 Å². The lowest BCUT2D eigenvalue weighted by Gasteiger charge is -2.61.